The van der Waals surface area contributed by atoms with Gasteiger partial charge < -0.3 is 14.8 Å². The number of hydrogen-bond acceptors (Lipinski definition) is 5. The van der Waals surface area contributed by atoms with Gasteiger partial charge in [-0.1, -0.05) is 6.07 Å². The topological polar surface area (TPSA) is 84.9 Å². The van der Waals surface area contributed by atoms with E-state index in [0.717, 1.165) is 23.3 Å². The Labute approximate surface area is 170 Å². The van der Waals surface area contributed by atoms with Gasteiger partial charge in [0.05, 0.1) is 31.2 Å². The van der Waals surface area contributed by atoms with Crippen LogP contribution in [-0.4, -0.2) is 40.3 Å². The van der Waals surface area contributed by atoms with E-state index in [0.29, 0.717) is 43.2 Å². The molecule has 2 aliphatic rings. The molecule has 1 unspecified atom stereocenters. The van der Waals surface area contributed by atoms with Crippen molar-refractivity contribution in [2.24, 2.45) is 0 Å². The molecular formula is C21H24N2O5S. The van der Waals surface area contributed by atoms with Gasteiger partial charge in [-0.25, -0.2) is 8.42 Å². The van der Waals surface area contributed by atoms with Crippen LogP contribution in [0.25, 0.3) is 0 Å². The van der Waals surface area contributed by atoms with E-state index in [1.54, 1.807) is 18.2 Å². The normalized spacial score (nSPS) is 16.7. The van der Waals surface area contributed by atoms with Gasteiger partial charge in [-0.15, -0.1) is 0 Å². The van der Waals surface area contributed by atoms with Crippen LogP contribution in [0.1, 0.15) is 40.9 Å². The number of benzene rings is 2. The largest absolute Gasteiger partial charge is 0.490 e. The number of ether oxygens (including phenoxy) is 2. The lowest BCUT2D eigenvalue weighted by atomic mass is 10.1. The molecule has 29 heavy (non-hydrogen) atoms. The first-order valence-corrected chi connectivity index (χ1v) is 11.5. The van der Waals surface area contributed by atoms with E-state index < -0.39 is 10.0 Å². The van der Waals surface area contributed by atoms with Crippen molar-refractivity contribution in [3.63, 3.8) is 0 Å². The highest BCUT2D eigenvalue weighted by molar-refractivity contribution is 7.92. The van der Waals surface area contributed by atoms with E-state index in [-0.39, 0.29) is 11.9 Å². The van der Waals surface area contributed by atoms with Crippen LogP contribution in [0, 0.1) is 0 Å². The van der Waals surface area contributed by atoms with E-state index in [2.05, 4.69) is 5.32 Å². The molecule has 7 nitrogen and oxygen atoms in total. The number of sulfonamides is 1. The van der Waals surface area contributed by atoms with Crippen LogP contribution in [0.5, 0.6) is 11.5 Å². The fourth-order valence-electron chi connectivity index (χ4n) is 3.67. The molecule has 4 rings (SSSR count). The van der Waals surface area contributed by atoms with Gasteiger partial charge in [-0.2, -0.15) is 0 Å². The molecule has 2 aromatic rings. The monoisotopic (exact) mass is 416 g/mol. The summed E-state index contributed by atoms with van der Waals surface area (Å²) >= 11 is 0. The van der Waals surface area contributed by atoms with Crippen molar-refractivity contribution in [3.05, 3.63) is 53.1 Å². The minimum Gasteiger partial charge on any atom is -0.490 e. The van der Waals surface area contributed by atoms with E-state index in [1.807, 2.05) is 25.1 Å². The van der Waals surface area contributed by atoms with Crippen molar-refractivity contribution in [1.82, 2.24) is 5.32 Å². The molecule has 8 heteroatoms. The van der Waals surface area contributed by atoms with Crippen molar-refractivity contribution in [1.29, 1.82) is 0 Å². The van der Waals surface area contributed by atoms with Crippen LogP contribution in [0.4, 0.5) is 5.69 Å². The zero-order chi connectivity index (χ0) is 20.6. The summed E-state index contributed by atoms with van der Waals surface area (Å²) in [5, 5.41) is 3.00. The van der Waals surface area contributed by atoms with E-state index in [1.165, 1.54) is 10.6 Å². The number of nitrogens with one attached hydrogen (secondary N) is 1. The number of rotatable bonds is 4. The molecule has 1 N–H and O–H groups in total. The first kappa shape index (κ1) is 19.6. The molecule has 0 aromatic heterocycles. The van der Waals surface area contributed by atoms with Crippen molar-refractivity contribution >= 4 is 21.6 Å². The number of fused-ring (bicyclic) bond motifs is 2. The lowest BCUT2D eigenvalue weighted by molar-refractivity contribution is 0.0939. The third-order valence-corrected chi connectivity index (χ3v) is 6.39. The summed E-state index contributed by atoms with van der Waals surface area (Å²) in [6, 6.07) is 10.6. The summed E-state index contributed by atoms with van der Waals surface area (Å²) in [4.78, 5) is 12.8. The Morgan fingerprint density at radius 1 is 1.10 bits per heavy atom. The van der Waals surface area contributed by atoms with Gasteiger partial charge in [0.1, 0.15) is 0 Å². The maximum Gasteiger partial charge on any atom is 0.251 e. The van der Waals surface area contributed by atoms with Gasteiger partial charge in [-0.3, -0.25) is 9.10 Å². The van der Waals surface area contributed by atoms with Gasteiger partial charge in [0.2, 0.25) is 10.0 Å². The van der Waals surface area contributed by atoms with E-state index in [4.69, 9.17) is 9.47 Å². The molecule has 0 saturated carbocycles. The second-order valence-electron chi connectivity index (χ2n) is 7.38. The first-order valence-electron chi connectivity index (χ1n) is 9.64. The maximum absolute atomic E-state index is 12.8. The van der Waals surface area contributed by atoms with Crippen molar-refractivity contribution in [2.75, 3.05) is 30.3 Å². The molecule has 0 bridgehead atoms. The highest BCUT2D eigenvalue weighted by atomic mass is 32.2. The van der Waals surface area contributed by atoms with Gasteiger partial charge in [0.15, 0.2) is 11.5 Å². The SMILES string of the molecule is CC(NC(=O)c1ccc2c(c1)CCN2S(C)(=O)=O)c1ccc2c(c1)OCCCO2. The smallest absolute Gasteiger partial charge is 0.251 e. The summed E-state index contributed by atoms with van der Waals surface area (Å²) in [7, 11) is -3.30. The van der Waals surface area contributed by atoms with Crippen LogP contribution >= 0.6 is 0 Å². The van der Waals surface area contributed by atoms with E-state index >= 15 is 0 Å². The van der Waals surface area contributed by atoms with Crippen LogP contribution < -0.4 is 19.1 Å². The molecule has 0 spiro atoms. The number of anilines is 1. The number of carbonyl (C=O) groups excluding carboxylic acids is 1. The molecule has 2 aliphatic heterocycles. The Kier molecular flexibility index (Phi) is 5.12. The van der Waals surface area contributed by atoms with Gasteiger partial charge in [-0.05, 0) is 54.8 Å². The Morgan fingerprint density at radius 3 is 2.62 bits per heavy atom. The number of hydrogen-bond donors (Lipinski definition) is 1. The summed E-state index contributed by atoms with van der Waals surface area (Å²) in [6.07, 6.45) is 2.63. The zero-order valence-corrected chi connectivity index (χ0v) is 17.3. The summed E-state index contributed by atoms with van der Waals surface area (Å²) < 4.78 is 36.5. The fourth-order valence-corrected chi connectivity index (χ4v) is 4.63. The van der Waals surface area contributed by atoms with Gasteiger partial charge in [0.25, 0.3) is 5.91 Å². The Hall–Kier alpha value is -2.74. The zero-order valence-electron chi connectivity index (χ0n) is 16.5. The second-order valence-corrected chi connectivity index (χ2v) is 9.29. The Morgan fingerprint density at radius 2 is 1.86 bits per heavy atom. The molecule has 0 saturated heterocycles. The van der Waals surface area contributed by atoms with Gasteiger partial charge in [0, 0.05) is 18.5 Å². The lowest BCUT2D eigenvalue weighted by Crippen LogP contribution is -2.28. The van der Waals surface area contributed by atoms with E-state index in [9.17, 15) is 13.2 Å². The predicted molar refractivity (Wildman–Crippen MR) is 110 cm³/mol. The highest BCUT2D eigenvalue weighted by Crippen LogP contribution is 2.33. The molecule has 2 heterocycles. The average Bonchev–Trinajstić information content (AvgIpc) is 2.98. The lowest BCUT2D eigenvalue weighted by Gasteiger charge is -2.18. The number of amides is 1. The minimum atomic E-state index is -3.30. The van der Waals surface area contributed by atoms with Crippen LogP contribution in [0.3, 0.4) is 0 Å². The summed E-state index contributed by atoms with van der Waals surface area (Å²) in [5.74, 6) is 1.21. The minimum absolute atomic E-state index is 0.204. The molecule has 2 aromatic carbocycles. The molecule has 1 amide bonds. The highest BCUT2D eigenvalue weighted by Gasteiger charge is 2.27. The Balaban J connectivity index is 1.49. The molecule has 0 radical (unpaired) electrons. The van der Waals surface area contributed by atoms with Gasteiger partial charge >= 0.3 is 0 Å². The van der Waals surface area contributed by atoms with Crippen LogP contribution in [-0.2, 0) is 16.4 Å². The summed E-state index contributed by atoms with van der Waals surface area (Å²) in [5.41, 5.74) is 2.96. The maximum atomic E-state index is 12.8. The standard InChI is InChI=1S/C21H24N2O5S/c1-14(15-5-7-19-20(13-15)28-11-3-10-27-19)22-21(24)17-4-6-18-16(12-17)8-9-23(18)29(2,25)26/h4-7,12-14H,3,8-11H2,1-2H3,(H,22,24). The molecule has 1 atom stereocenters. The third kappa shape index (κ3) is 4.03. The average molecular weight is 416 g/mol. The molecule has 0 fully saturated rings. The predicted octanol–water partition coefficient (Wildman–Crippen LogP) is 2.66. The van der Waals surface area contributed by atoms with Crippen molar-refractivity contribution in [2.45, 2.75) is 25.8 Å². The number of carbonyl (C=O) groups is 1. The van der Waals surface area contributed by atoms with Crippen molar-refractivity contribution < 1.29 is 22.7 Å². The third-order valence-electron chi connectivity index (χ3n) is 5.21. The fraction of sp³-hybridized carbons (Fsp3) is 0.381. The molecule has 0 aliphatic carbocycles. The second kappa shape index (κ2) is 7.59. The van der Waals surface area contributed by atoms with Crippen LogP contribution in [0.15, 0.2) is 36.4 Å². The quantitative estimate of drug-likeness (QED) is 0.828. The summed E-state index contributed by atoms with van der Waals surface area (Å²) in [6.45, 7) is 3.56. The Bertz CT molecular complexity index is 1050. The first-order chi connectivity index (χ1) is 13.8. The van der Waals surface area contributed by atoms with Crippen molar-refractivity contribution in [3.8, 4) is 11.5 Å². The molecule has 154 valence electrons. The van der Waals surface area contributed by atoms with Crippen LogP contribution in [0.2, 0.25) is 0 Å². The number of nitrogens with zero attached hydrogens (tertiary/aromatic N) is 1. The molecular weight excluding hydrogens is 392 g/mol.